The van der Waals surface area contributed by atoms with Crippen LogP contribution in [-0.4, -0.2) is 19.7 Å². The van der Waals surface area contributed by atoms with Crippen LogP contribution < -0.4 is 5.32 Å². The van der Waals surface area contributed by atoms with Crippen LogP contribution in [0.25, 0.3) is 10.2 Å². The lowest BCUT2D eigenvalue weighted by Crippen LogP contribution is -2.06. The second kappa shape index (κ2) is 6.64. The maximum atomic E-state index is 4.72. The van der Waals surface area contributed by atoms with Gasteiger partial charge in [0.2, 0.25) is 0 Å². The number of hydrogen-bond acceptors (Lipinski definition) is 5. The predicted octanol–water partition coefficient (Wildman–Crippen LogP) is 4.17. The van der Waals surface area contributed by atoms with E-state index >= 15 is 0 Å². The van der Waals surface area contributed by atoms with E-state index in [0.29, 0.717) is 6.54 Å². The van der Waals surface area contributed by atoms with Crippen LogP contribution in [0.1, 0.15) is 22.5 Å². The normalized spacial score (nSPS) is 11.1. The van der Waals surface area contributed by atoms with E-state index in [9.17, 15) is 0 Å². The Morgan fingerprint density at radius 2 is 1.92 bits per heavy atom. The molecular formula is C19H19N5S. The molecule has 0 aliphatic carbocycles. The summed E-state index contributed by atoms with van der Waals surface area (Å²) in [6.07, 6.45) is 1.61. The minimum atomic E-state index is 0.703. The highest BCUT2D eigenvalue weighted by atomic mass is 32.1. The molecule has 0 saturated heterocycles. The Kier molecular flexibility index (Phi) is 4.19. The highest BCUT2D eigenvalue weighted by molar-refractivity contribution is 7.16. The number of hydrogen-bond donors (Lipinski definition) is 1. The highest BCUT2D eigenvalue weighted by Crippen LogP contribution is 2.25. The Balaban J connectivity index is 1.56. The molecule has 0 bridgehead atoms. The average molecular weight is 349 g/mol. The minimum absolute atomic E-state index is 0.703. The zero-order valence-corrected chi connectivity index (χ0v) is 15.0. The van der Waals surface area contributed by atoms with Crippen LogP contribution in [0.15, 0.2) is 48.1 Å². The zero-order valence-electron chi connectivity index (χ0n) is 14.2. The number of rotatable bonds is 5. The number of fused-ring (bicyclic) bond motifs is 1. The fourth-order valence-electron chi connectivity index (χ4n) is 3.00. The average Bonchev–Trinajstić information content (AvgIpc) is 3.20. The smallest absolute Gasteiger partial charge is 0.138 e. The molecule has 25 heavy (non-hydrogen) atoms. The first kappa shape index (κ1) is 15.8. The Morgan fingerprint density at radius 1 is 1.08 bits per heavy atom. The van der Waals surface area contributed by atoms with Gasteiger partial charge in [-0.3, -0.25) is 4.68 Å². The molecule has 0 aliphatic heterocycles. The number of aromatic nitrogens is 4. The van der Waals surface area contributed by atoms with Gasteiger partial charge >= 0.3 is 0 Å². The first-order valence-electron chi connectivity index (χ1n) is 8.21. The predicted molar refractivity (Wildman–Crippen MR) is 102 cm³/mol. The molecule has 0 amide bonds. The van der Waals surface area contributed by atoms with Gasteiger partial charge in [0.15, 0.2) is 0 Å². The van der Waals surface area contributed by atoms with Crippen molar-refractivity contribution in [2.75, 3.05) is 5.32 Å². The largest absolute Gasteiger partial charge is 0.365 e. The van der Waals surface area contributed by atoms with Gasteiger partial charge in [-0.2, -0.15) is 5.10 Å². The molecule has 0 unspecified atom stereocenters. The molecule has 126 valence electrons. The monoisotopic (exact) mass is 349 g/mol. The van der Waals surface area contributed by atoms with Gasteiger partial charge in [0.25, 0.3) is 0 Å². The number of aryl methyl sites for hydroxylation is 1. The number of nitrogens with one attached hydrogen (secondary N) is 1. The highest BCUT2D eigenvalue weighted by Gasteiger charge is 2.13. The lowest BCUT2D eigenvalue weighted by molar-refractivity contribution is 0.658. The molecule has 5 nitrogen and oxygen atoms in total. The van der Waals surface area contributed by atoms with Gasteiger partial charge in [-0.1, -0.05) is 30.3 Å². The Labute approximate surface area is 150 Å². The molecule has 3 aromatic heterocycles. The summed E-state index contributed by atoms with van der Waals surface area (Å²) in [7, 11) is 0. The molecule has 4 aromatic rings. The van der Waals surface area contributed by atoms with E-state index in [1.165, 1.54) is 16.8 Å². The Bertz CT molecular complexity index is 1000. The van der Waals surface area contributed by atoms with Gasteiger partial charge in [0, 0.05) is 17.8 Å². The zero-order chi connectivity index (χ0) is 17.2. The van der Waals surface area contributed by atoms with Crippen molar-refractivity contribution in [3.05, 3.63) is 70.6 Å². The number of benzene rings is 1. The molecule has 0 saturated carbocycles. The molecule has 0 atom stereocenters. The number of nitrogens with zero attached hydrogens (tertiary/aromatic N) is 4. The van der Waals surface area contributed by atoms with E-state index in [-0.39, 0.29) is 0 Å². The second-order valence-electron chi connectivity index (χ2n) is 6.01. The maximum Gasteiger partial charge on any atom is 0.138 e. The maximum absolute atomic E-state index is 4.72. The molecular weight excluding hydrogens is 330 g/mol. The molecule has 0 radical (unpaired) electrons. The first-order chi connectivity index (χ1) is 12.2. The van der Waals surface area contributed by atoms with Crippen molar-refractivity contribution >= 4 is 27.4 Å². The van der Waals surface area contributed by atoms with Crippen molar-refractivity contribution in [1.82, 2.24) is 19.7 Å². The lowest BCUT2D eigenvalue weighted by Gasteiger charge is -2.08. The summed E-state index contributed by atoms with van der Waals surface area (Å²) >= 11 is 1.63. The molecule has 6 heteroatoms. The number of thiophene rings is 1. The van der Waals surface area contributed by atoms with Crippen LogP contribution >= 0.6 is 11.3 Å². The third kappa shape index (κ3) is 3.13. The minimum Gasteiger partial charge on any atom is -0.365 e. The van der Waals surface area contributed by atoms with Crippen molar-refractivity contribution in [3.8, 4) is 0 Å². The van der Waals surface area contributed by atoms with E-state index in [0.717, 1.165) is 28.3 Å². The van der Waals surface area contributed by atoms with E-state index in [2.05, 4.69) is 64.1 Å². The van der Waals surface area contributed by atoms with Gasteiger partial charge in [-0.25, -0.2) is 9.97 Å². The van der Waals surface area contributed by atoms with Gasteiger partial charge in [-0.15, -0.1) is 11.3 Å². The molecule has 0 fully saturated rings. The summed E-state index contributed by atoms with van der Waals surface area (Å²) in [4.78, 5) is 9.68. The van der Waals surface area contributed by atoms with Crippen LogP contribution in [0, 0.1) is 13.8 Å². The number of anilines is 1. The van der Waals surface area contributed by atoms with Crippen LogP contribution in [0.5, 0.6) is 0 Å². The lowest BCUT2D eigenvalue weighted by atomic mass is 10.2. The van der Waals surface area contributed by atoms with Crippen molar-refractivity contribution in [2.45, 2.75) is 26.9 Å². The molecule has 0 aliphatic rings. The van der Waals surface area contributed by atoms with Crippen LogP contribution in [0.3, 0.4) is 0 Å². The Morgan fingerprint density at radius 3 is 2.76 bits per heavy atom. The van der Waals surface area contributed by atoms with Crippen molar-refractivity contribution in [1.29, 1.82) is 0 Å². The summed E-state index contributed by atoms with van der Waals surface area (Å²) in [5.41, 5.74) is 4.71. The third-order valence-electron chi connectivity index (χ3n) is 4.40. The molecule has 3 heterocycles. The van der Waals surface area contributed by atoms with Crippen LogP contribution in [0.4, 0.5) is 5.82 Å². The van der Waals surface area contributed by atoms with E-state index < -0.39 is 0 Å². The molecule has 1 aromatic carbocycles. The summed E-state index contributed by atoms with van der Waals surface area (Å²) < 4.78 is 2.07. The topological polar surface area (TPSA) is 55.6 Å². The van der Waals surface area contributed by atoms with Crippen molar-refractivity contribution < 1.29 is 0 Å². The van der Waals surface area contributed by atoms with Gasteiger partial charge < -0.3 is 5.32 Å². The van der Waals surface area contributed by atoms with Crippen LogP contribution in [0.2, 0.25) is 0 Å². The van der Waals surface area contributed by atoms with Gasteiger partial charge in [-0.05, 0) is 30.9 Å². The van der Waals surface area contributed by atoms with E-state index in [1.54, 1.807) is 17.7 Å². The quantitative estimate of drug-likeness (QED) is 0.588. The van der Waals surface area contributed by atoms with Crippen molar-refractivity contribution in [2.24, 2.45) is 0 Å². The fraction of sp³-hybridized carbons (Fsp3) is 0.211. The summed E-state index contributed by atoms with van der Waals surface area (Å²) in [6, 6.07) is 12.5. The van der Waals surface area contributed by atoms with E-state index in [4.69, 9.17) is 5.10 Å². The van der Waals surface area contributed by atoms with Crippen LogP contribution in [-0.2, 0) is 13.1 Å². The van der Waals surface area contributed by atoms with Gasteiger partial charge in [0.05, 0.1) is 17.6 Å². The molecule has 1 N–H and O–H groups in total. The Hall–Kier alpha value is -2.73. The summed E-state index contributed by atoms with van der Waals surface area (Å²) in [5.74, 6) is 0.876. The molecule has 0 spiro atoms. The fourth-order valence-corrected chi connectivity index (χ4v) is 3.74. The summed E-state index contributed by atoms with van der Waals surface area (Å²) in [6.45, 7) is 5.68. The second-order valence-corrected chi connectivity index (χ2v) is 6.90. The first-order valence-corrected chi connectivity index (χ1v) is 9.09. The SMILES string of the molecule is Cc1nn(Cc2ccccc2)c(C)c1CNc1ncnc2sccc12. The van der Waals surface area contributed by atoms with Gasteiger partial charge in [0.1, 0.15) is 17.0 Å². The molecule has 4 rings (SSSR count). The standard InChI is InChI=1S/C19H19N5S/c1-13-17(10-20-18-16-8-9-25-19(16)22-12-21-18)14(2)24(23-13)11-15-6-4-3-5-7-15/h3-9,12H,10-11H2,1-2H3,(H,20,21,22). The third-order valence-corrected chi connectivity index (χ3v) is 5.22. The van der Waals surface area contributed by atoms with E-state index in [1.807, 2.05) is 11.4 Å². The van der Waals surface area contributed by atoms with Crippen molar-refractivity contribution in [3.63, 3.8) is 0 Å². The summed E-state index contributed by atoms with van der Waals surface area (Å²) in [5, 5.41) is 11.3.